The molecule has 0 atom stereocenters. The molecule has 0 bridgehead atoms. The van der Waals surface area contributed by atoms with Gasteiger partial charge in [0.2, 0.25) is 0 Å². The quantitative estimate of drug-likeness (QED) is 0.632. The zero-order valence-corrected chi connectivity index (χ0v) is 12.2. The van der Waals surface area contributed by atoms with Gasteiger partial charge in [0.15, 0.2) is 5.78 Å². The Hall–Kier alpha value is -3.02. The van der Waals surface area contributed by atoms with Crippen molar-refractivity contribution in [1.29, 1.82) is 0 Å². The number of nitrogens with zero attached hydrogens (tertiary/aromatic N) is 2. The first-order chi connectivity index (χ1) is 10.6. The first-order valence-corrected chi connectivity index (χ1v) is 6.69. The number of carbonyl (C=O) groups excluding carboxylic acids is 2. The SMILES string of the molecule is C=CCNc1cnc(C(=O)Nc2cccc(C(C)=O)c2)cn1. The van der Waals surface area contributed by atoms with Crippen LogP contribution in [0.5, 0.6) is 0 Å². The maximum atomic E-state index is 12.1. The van der Waals surface area contributed by atoms with Crippen LogP contribution in [0.1, 0.15) is 27.8 Å². The number of benzene rings is 1. The summed E-state index contributed by atoms with van der Waals surface area (Å²) in [4.78, 5) is 31.5. The molecule has 2 N–H and O–H groups in total. The van der Waals surface area contributed by atoms with E-state index in [0.29, 0.717) is 23.6 Å². The summed E-state index contributed by atoms with van der Waals surface area (Å²) in [6, 6.07) is 6.73. The van der Waals surface area contributed by atoms with Crippen LogP contribution >= 0.6 is 0 Å². The third-order valence-corrected chi connectivity index (χ3v) is 2.84. The van der Waals surface area contributed by atoms with E-state index in [0.717, 1.165) is 0 Å². The van der Waals surface area contributed by atoms with Crippen molar-refractivity contribution in [2.75, 3.05) is 17.2 Å². The number of carbonyl (C=O) groups is 2. The van der Waals surface area contributed by atoms with Gasteiger partial charge in [-0.25, -0.2) is 9.97 Å². The second kappa shape index (κ2) is 7.12. The third kappa shape index (κ3) is 3.99. The van der Waals surface area contributed by atoms with Crippen LogP contribution in [-0.4, -0.2) is 28.2 Å². The fourth-order valence-electron chi connectivity index (χ4n) is 1.72. The van der Waals surface area contributed by atoms with Crippen molar-refractivity contribution >= 4 is 23.2 Å². The monoisotopic (exact) mass is 296 g/mol. The smallest absolute Gasteiger partial charge is 0.275 e. The average Bonchev–Trinajstić information content (AvgIpc) is 2.53. The molecule has 2 rings (SSSR count). The van der Waals surface area contributed by atoms with Crippen molar-refractivity contribution in [3.8, 4) is 0 Å². The molecule has 6 nitrogen and oxygen atoms in total. The van der Waals surface area contributed by atoms with Crippen molar-refractivity contribution in [2.24, 2.45) is 0 Å². The molecule has 2 aromatic rings. The van der Waals surface area contributed by atoms with Gasteiger partial charge in [0, 0.05) is 17.8 Å². The van der Waals surface area contributed by atoms with Gasteiger partial charge < -0.3 is 10.6 Å². The number of Topliss-reactive ketones (excluding diaryl/α,β-unsaturated/α-hetero) is 1. The summed E-state index contributed by atoms with van der Waals surface area (Å²) in [6.45, 7) is 5.63. The first-order valence-electron chi connectivity index (χ1n) is 6.69. The lowest BCUT2D eigenvalue weighted by Gasteiger charge is -2.06. The minimum Gasteiger partial charge on any atom is -0.365 e. The molecule has 0 aliphatic carbocycles. The zero-order valence-electron chi connectivity index (χ0n) is 12.2. The predicted molar refractivity (Wildman–Crippen MR) is 85.1 cm³/mol. The molecule has 0 saturated carbocycles. The van der Waals surface area contributed by atoms with E-state index in [2.05, 4.69) is 27.2 Å². The standard InChI is InChI=1S/C16H16N4O2/c1-3-7-17-15-10-18-14(9-19-15)16(22)20-13-6-4-5-12(8-13)11(2)21/h3-6,8-10H,1,7H2,2H3,(H,17,19)(H,20,22). The van der Waals surface area contributed by atoms with Gasteiger partial charge in [0.25, 0.3) is 5.91 Å². The normalized spacial score (nSPS) is 9.86. The van der Waals surface area contributed by atoms with Gasteiger partial charge in [-0.05, 0) is 19.1 Å². The minimum absolute atomic E-state index is 0.0615. The van der Waals surface area contributed by atoms with E-state index in [1.807, 2.05) is 0 Å². The highest BCUT2D eigenvalue weighted by Crippen LogP contribution is 2.12. The van der Waals surface area contributed by atoms with Gasteiger partial charge in [-0.2, -0.15) is 0 Å². The number of ketones is 1. The largest absolute Gasteiger partial charge is 0.365 e. The molecule has 0 radical (unpaired) electrons. The van der Waals surface area contributed by atoms with E-state index in [1.54, 1.807) is 30.3 Å². The number of aromatic nitrogens is 2. The summed E-state index contributed by atoms with van der Waals surface area (Å²) in [5.41, 5.74) is 1.26. The van der Waals surface area contributed by atoms with E-state index in [4.69, 9.17) is 0 Å². The van der Waals surface area contributed by atoms with Crippen molar-refractivity contribution in [1.82, 2.24) is 9.97 Å². The highest BCUT2D eigenvalue weighted by atomic mass is 16.2. The maximum absolute atomic E-state index is 12.1. The molecule has 1 heterocycles. The fraction of sp³-hybridized carbons (Fsp3) is 0.125. The summed E-state index contributed by atoms with van der Waals surface area (Å²) in [5, 5.41) is 5.66. The molecular weight excluding hydrogens is 280 g/mol. The maximum Gasteiger partial charge on any atom is 0.275 e. The van der Waals surface area contributed by atoms with Crippen molar-refractivity contribution in [2.45, 2.75) is 6.92 Å². The average molecular weight is 296 g/mol. The molecule has 0 aliphatic heterocycles. The van der Waals surface area contributed by atoms with E-state index in [1.165, 1.54) is 19.3 Å². The van der Waals surface area contributed by atoms with Gasteiger partial charge in [0.05, 0.1) is 12.4 Å². The number of nitrogens with one attached hydrogen (secondary N) is 2. The van der Waals surface area contributed by atoms with Crippen molar-refractivity contribution in [3.63, 3.8) is 0 Å². The number of anilines is 2. The van der Waals surface area contributed by atoms with E-state index >= 15 is 0 Å². The van der Waals surface area contributed by atoms with Crippen LogP contribution in [0.4, 0.5) is 11.5 Å². The molecule has 6 heteroatoms. The molecule has 0 saturated heterocycles. The third-order valence-electron chi connectivity index (χ3n) is 2.84. The zero-order chi connectivity index (χ0) is 15.9. The van der Waals surface area contributed by atoms with Gasteiger partial charge >= 0.3 is 0 Å². The van der Waals surface area contributed by atoms with Crippen LogP contribution in [0.15, 0.2) is 49.3 Å². The lowest BCUT2D eigenvalue weighted by molar-refractivity contribution is 0.100. The second-order valence-electron chi connectivity index (χ2n) is 4.55. The summed E-state index contributed by atoms with van der Waals surface area (Å²) in [7, 11) is 0. The Kier molecular flexibility index (Phi) is 4.98. The minimum atomic E-state index is -0.386. The van der Waals surface area contributed by atoms with E-state index in [-0.39, 0.29) is 17.4 Å². The summed E-state index contributed by atoms with van der Waals surface area (Å²) in [6.07, 6.45) is 4.56. The van der Waals surface area contributed by atoms with E-state index < -0.39 is 0 Å². The molecule has 0 unspecified atom stereocenters. The van der Waals surface area contributed by atoms with E-state index in [9.17, 15) is 9.59 Å². The topological polar surface area (TPSA) is 84.0 Å². The summed E-state index contributed by atoms with van der Waals surface area (Å²) < 4.78 is 0. The predicted octanol–water partition coefficient (Wildman–Crippen LogP) is 2.53. The molecule has 0 spiro atoms. The number of rotatable bonds is 6. The molecule has 0 fully saturated rings. The Balaban J connectivity index is 2.07. The molecule has 1 aromatic carbocycles. The summed E-state index contributed by atoms with van der Waals surface area (Å²) in [5.74, 6) is 0.118. The molecule has 1 aromatic heterocycles. The lowest BCUT2D eigenvalue weighted by Crippen LogP contribution is -2.14. The lowest BCUT2D eigenvalue weighted by atomic mass is 10.1. The number of hydrogen-bond acceptors (Lipinski definition) is 5. The fourth-order valence-corrected chi connectivity index (χ4v) is 1.72. The molecule has 112 valence electrons. The van der Waals surface area contributed by atoms with Gasteiger partial charge in [-0.3, -0.25) is 9.59 Å². The molecular formula is C16H16N4O2. The molecule has 0 aliphatic rings. The number of amides is 1. The molecule has 1 amide bonds. The summed E-state index contributed by atoms with van der Waals surface area (Å²) >= 11 is 0. The van der Waals surface area contributed by atoms with Gasteiger partial charge in [0.1, 0.15) is 11.5 Å². The van der Waals surface area contributed by atoms with Crippen LogP contribution in [-0.2, 0) is 0 Å². The van der Waals surface area contributed by atoms with Crippen molar-refractivity contribution < 1.29 is 9.59 Å². The van der Waals surface area contributed by atoms with Crippen molar-refractivity contribution in [3.05, 3.63) is 60.6 Å². The Labute approximate surface area is 128 Å². The highest BCUT2D eigenvalue weighted by molar-refractivity contribution is 6.03. The van der Waals surface area contributed by atoms with Crippen LogP contribution in [0, 0.1) is 0 Å². The van der Waals surface area contributed by atoms with Crippen LogP contribution < -0.4 is 10.6 Å². The molecule has 22 heavy (non-hydrogen) atoms. The Morgan fingerprint density at radius 2 is 2.09 bits per heavy atom. The van der Waals surface area contributed by atoms with Crippen LogP contribution in [0.3, 0.4) is 0 Å². The van der Waals surface area contributed by atoms with Crippen LogP contribution in [0.25, 0.3) is 0 Å². The Morgan fingerprint density at radius 3 is 2.73 bits per heavy atom. The van der Waals surface area contributed by atoms with Gasteiger partial charge in [-0.15, -0.1) is 6.58 Å². The highest BCUT2D eigenvalue weighted by Gasteiger charge is 2.09. The second-order valence-corrected chi connectivity index (χ2v) is 4.55. The number of hydrogen-bond donors (Lipinski definition) is 2. The Morgan fingerprint density at radius 1 is 1.27 bits per heavy atom. The van der Waals surface area contributed by atoms with Crippen LogP contribution in [0.2, 0.25) is 0 Å². The Bertz CT molecular complexity index is 696. The van der Waals surface area contributed by atoms with Gasteiger partial charge in [-0.1, -0.05) is 18.2 Å². The first kappa shape index (κ1) is 15.4.